The van der Waals surface area contributed by atoms with E-state index < -0.39 is 5.91 Å². The molecule has 0 aliphatic heterocycles. The maximum Gasteiger partial charge on any atom is 0.286 e. The van der Waals surface area contributed by atoms with E-state index in [1.807, 2.05) is 0 Å². The Balaban J connectivity index is 2.73. The lowest BCUT2D eigenvalue weighted by Gasteiger charge is -2.14. The van der Waals surface area contributed by atoms with Crippen LogP contribution in [0, 0.1) is 12.7 Å². The van der Waals surface area contributed by atoms with Crippen molar-refractivity contribution in [2.45, 2.75) is 13.3 Å². The minimum atomic E-state index is -0.603. The highest BCUT2D eigenvalue weighted by Crippen LogP contribution is 2.20. The Morgan fingerprint density at radius 1 is 1.53 bits per heavy atom. The van der Waals surface area contributed by atoms with Gasteiger partial charge in [-0.2, -0.15) is 0 Å². The minimum Gasteiger partial charge on any atom is -0.339 e. The number of aldehydes is 1. The molecule has 0 fully saturated rings. The van der Waals surface area contributed by atoms with E-state index in [1.165, 1.54) is 18.0 Å². The molecule has 0 N–H and O–H groups in total. The van der Waals surface area contributed by atoms with Crippen molar-refractivity contribution in [2.75, 3.05) is 13.6 Å². The number of benzene rings is 1. The Morgan fingerprint density at radius 2 is 2.18 bits per heavy atom. The van der Waals surface area contributed by atoms with Crippen molar-refractivity contribution in [1.82, 2.24) is 4.90 Å². The average molecular weight is 258 g/mol. The Labute approximate surface area is 104 Å². The molecule has 0 aliphatic rings. The molecule has 17 heavy (non-hydrogen) atoms. The summed E-state index contributed by atoms with van der Waals surface area (Å²) in [6.07, 6.45) is 0.656. The summed E-state index contributed by atoms with van der Waals surface area (Å²) >= 11 is 5.96. The summed E-state index contributed by atoms with van der Waals surface area (Å²) in [4.78, 5) is 22.5. The predicted molar refractivity (Wildman–Crippen MR) is 63.6 cm³/mol. The van der Waals surface area contributed by atoms with Gasteiger partial charge in [-0.15, -0.1) is 0 Å². The van der Waals surface area contributed by atoms with Gasteiger partial charge in [0.25, 0.3) is 5.91 Å². The molecule has 1 rings (SSSR count). The van der Waals surface area contributed by atoms with Gasteiger partial charge in [0.15, 0.2) is 0 Å². The van der Waals surface area contributed by atoms with Crippen LogP contribution in [0.1, 0.15) is 11.1 Å². The van der Waals surface area contributed by atoms with Gasteiger partial charge in [0.05, 0.1) is 0 Å². The van der Waals surface area contributed by atoms with Crippen LogP contribution in [0.2, 0.25) is 5.02 Å². The molecule has 0 heterocycles. The summed E-state index contributed by atoms with van der Waals surface area (Å²) in [5, 5.41) is 0.468. The molecule has 1 amide bonds. The first kappa shape index (κ1) is 13.6. The topological polar surface area (TPSA) is 37.4 Å². The molecule has 0 radical (unpaired) electrons. The van der Waals surface area contributed by atoms with Crippen LogP contribution in [0.5, 0.6) is 0 Å². The number of hydrogen-bond donors (Lipinski definition) is 0. The summed E-state index contributed by atoms with van der Waals surface area (Å²) in [5.41, 5.74) is 1.11. The molecule has 3 nitrogen and oxygen atoms in total. The third kappa shape index (κ3) is 3.53. The number of aryl methyl sites for hydroxylation is 1. The quantitative estimate of drug-likeness (QED) is 0.611. The van der Waals surface area contributed by atoms with Crippen LogP contribution in [0.3, 0.4) is 0 Å². The second-order valence-corrected chi connectivity index (χ2v) is 4.23. The molecule has 0 unspecified atom stereocenters. The molecule has 0 atom stereocenters. The third-order valence-electron chi connectivity index (χ3n) is 2.52. The number of hydrogen-bond acceptors (Lipinski definition) is 2. The van der Waals surface area contributed by atoms with E-state index in [4.69, 9.17) is 11.6 Å². The molecular formula is C12H13ClFNO2. The van der Waals surface area contributed by atoms with Crippen molar-refractivity contribution in [3.63, 3.8) is 0 Å². The van der Waals surface area contributed by atoms with Gasteiger partial charge in [0.1, 0.15) is 5.82 Å². The first-order valence-electron chi connectivity index (χ1n) is 5.10. The predicted octanol–water partition coefficient (Wildman–Crippen LogP) is 1.99. The molecule has 0 spiro atoms. The second kappa shape index (κ2) is 5.77. The van der Waals surface area contributed by atoms with E-state index in [-0.39, 0.29) is 12.1 Å². The summed E-state index contributed by atoms with van der Waals surface area (Å²) in [7, 11) is 1.51. The summed E-state index contributed by atoms with van der Waals surface area (Å²) in [6, 6.07) is 2.91. The standard InChI is InChI=1S/C12H13ClFNO2/c1-8-5-10(13)9(6-11(8)14)3-4-15(2)12(17)7-16/h5-7H,3-4H2,1-2H3. The van der Waals surface area contributed by atoms with Crippen LogP contribution in [0.15, 0.2) is 12.1 Å². The monoisotopic (exact) mass is 257 g/mol. The smallest absolute Gasteiger partial charge is 0.286 e. The van der Waals surface area contributed by atoms with E-state index in [2.05, 4.69) is 0 Å². The molecule has 0 aliphatic carbocycles. The van der Waals surface area contributed by atoms with Crippen molar-refractivity contribution in [3.05, 3.63) is 34.1 Å². The van der Waals surface area contributed by atoms with Gasteiger partial charge < -0.3 is 4.90 Å². The van der Waals surface area contributed by atoms with Crippen molar-refractivity contribution in [3.8, 4) is 0 Å². The molecule has 92 valence electrons. The van der Waals surface area contributed by atoms with Gasteiger partial charge >= 0.3 is 0 Å². The van der Waals surface area contributed by atoms with E-state index >= 15 is 0 Å². The Bertz CT molecular complexity index is 448. The number of nitrogens with zero attached hydrogens (tertiary/aromatic N) is 1. The van der Waals surface area contributed by atoms with Crippen molar-refractivity contribution >= 4 is 23.8 Å². The van der Waals surface area contributed by atoms with Crippen LogP contribution in [-0.4, -0.2) is 30.7 Å². The number of amides is 1. The lowest BCUT2D eigenvalue weighted by molar-refractivity contribution is -0.137. The molecule has 1 aromatic carbocycles. The first-order chi connectivity index (χ1) is 7.95. The van der Waals surface area contributed by atoms with Gasteiger partial charge in [-0.25, -0.2) is 4.39 Å². The van der Waals surface area contributed by atoms with Crippen LogP contribution in [0.25, 0.3) is 0 Å². The van der Waals surface area contributed by atoms with Crippen molar-refractivity contribution < 1.29 is 14.0 Å². The molecule has 0 saturated heterocycles. The normalized spacial score (nSPS) is 10.1. The zero-order valence-electron chi connectivity index (χ0n) is 9.67. The zero-order valence-corrected chi connectivity index (χ0v) is 10.4. The maximum atomic E-state index is 13.3. The van der Waals surface area contributed by atoms with Crippen molar-refractivity contribution in [1.29, 1.82) is 0 Å². The molecule has 5 heteroatoms. The fourth-order valence-corrected chi connectivity index (χ4v) is 1.68. The highest BCUT2D eigenvalue weighted by Gasteiger charge is 2.10. The average Bonchev–Trinajstić information content (AvgIpc) is 2.30. The van der Waals surface area contributed by atoms with Crippen LogP contribution in [0.4, 0.5) is 4.39 Å². The lowest BCUT2D eigenvalue weighted by Crippen LogP contribution is -2.29. The molecule has 0 aromatic heterocycles. The highest BCUT2D eigenvalue weighted by atomic mass is 35.5. The van der Waals surface area contributed by atoms with Gasteiger partial charge in [-0.05, 0) is 36.6 Å². The number of rotatable bonds is 4. The van der Waals surface area contributed by atoms with Crippen LogP contribution < -0.4 is 0 Å². The number of carbonyl (C=O) groups excluding carboxylic acids is 2. The van der Waals surface area contributed by atoms with Gasteiger partial charge in [-0.1, -0.05) is 11.6 Å². The van der Waals surface area contributed by atoms with Gasteiger partial charge in [0, 0.05) is 18.6 Å². The number of halogens is 2. The van der Waals surface area contributed by atoms with Crippen LogP contribution >= 0.6 is 11.6 Å². The third-order valence-corrected chi connectivity index (χ3v) is 2.87. The molecule has 0 bridgehead atoms. The first-order valence-corrected chi connectivity index (χ1v) is 5.48. The van der Waals surface area contributed by atoms with Gasteiger partial charge in [0.2, 0.25) is 6.29 Å². The highest BCUT2D eigenvalue weighted by molar-refractivity contribution is 6.31. The fourth-order valence-electron chi connectivity index (χ4n) is 1.37. The summed E-state index contributed by atoms with van der Waals surface area (Å²) in [6.45, 7) is 1.95. The lowest BCUT2D eigenvalue weighted by atomic mass is 10.1. The Kier molecular flexibility index (Phi) is 4.63. The number of likely N-dealkylation sites (N-methyl/N-ethyl adjacent to an activating group) is 1. The molecule has 1 aromatic rings. The summed E-state index contributed by atoms with van der Waals surface area (Å²) < 4.78 is 13.3. The zero-order chi connectivity index (χ0) is 13.0. The van der Waals surface area contributed by atoms with E-state index in [0.29, 0.717) is 29.1 Å². The number of carbonyl (C=O) groups is 2. The second-order valence-electron chi connectivity index (χ2n) is 3.82. The summed E-state index contributed by atoms with van der Waals surface area (Å²) in [5.74, 6) is -0.928. The Morgan fingerprint density at radius 3 is 2.76 bits per heavy atom. The van der Waals surface area contributed by atoms with Gasteiger partial charge in [-0.3, -0.25) is 9.59 Å². The molecular weight excluding hydrogens is 245 g/mol. The van der Waals surface area contributed by atoms with E-state index in [0.717, 1.165) is 0 Å². The van der Waals surface area contributed by atoms with E-state index in [9.17, 15) is 14.0 Å². The van der Waals surface area contributed by atoms with Crippen molar-refractivity contribution in [2.24, 2.45) is 0 Å². The maximum absolute atomic E-state index is 13.3. The largest absolute Gasteiger partial charge is 0.339 e. The minimum absolute atomic E-state index is 0.247. The Hall–Kier alpha value is -1.42. The fraction of sp³-hybridized carbons (Fsp3) is 0.333. The van der Waals surface area contributed by atoms with E-state index in [1.54, 1.807) is 13.0 Å². The molecule has 0 saturated carbocycles. The SMILES string of the molecule is Cc1cc(Cl)c(CCN(C)C(=O)C=O)cc1F. The van der Waals surface area contributed by atoms with Crippen LogP contribution in [-0.2, 0) is 16.0 Å².